The third kappa shape index (κ3) is 5.95. The van der Waals surface area contributed by atoms with Gasteiger partial charge in [0.05, 0.1) is 18.6 Å². The van der Waals surface area contributed by atoms with Gasteiger partial charge in [0, 0.05) is 0 Å². The summed E-state index contributed by atoms with van der Waals surface area (Å²) >= 11 is 0. The Morgan fingerprint density at radius 3 is 2.43 bits per heavy atom. The van der Waals surface area contributed by atoms with Gasteiger partial charge in [0.15, 0.2) is 0 Å². The first kappa shape index (κ1) is 17.2. The molecule has 0 aromatic heterocycles. The first-order chi connectivity index (χ1) is 9.83. The maximum atomic E-state index is 11.9. The van der Waals surface area contributed by atoms with Gasteiger partial charge in [-0.3, -0.25) is 9.59 Å². The van der Waals surface area contributed by atoms with Gasteiger partial charge < -0.3 is 15.2 Å². The SMILES string of the molecule is CC(C)C(C)(CC(=O)O)NC(=O)COCc1ccccc1. The van der Waals surface area contributed by atoms with E-state index in [2.05, 4.69) is 5.32 Å². The number of carbonyl (C=O) groups excluding carboxylic acids is 1. The van der Waals surface area contributed by atoms with Crippen LogP contribution >= 0.6 is 0 Å². The second kappa shape index (κ2) is 7.78. The lowest BCUT2D eigenvalue weighted by atomic mass is 9.85. The van der Waals surface area contributed by atoms with Gasteiger partial charge in [0.25, 0.3) is 0 Å². The molecule has 0 heterocycles. The minimum atomic E-state index is -0.934. The maximum absolute atomic E-state index is 11.9. The van der Waals surface area contributed by atoms with Crippen LogP contribution in [0.1, 0.15) is 32.8 Å². The monoisotopic (exact) mass is 293 g/mol. The van der Waals surface area contributed by atoms with Crippen molar-refractivity contribution in [1.29, 1.82) is 0 Å². The highest BCUT2D eigenvalue weighted by Gasteiger charge is 2.32. The molecule has 5 nitrogen and oxygen atoms in total. The summed E-state index contributed by atoms with van der Waals surface area (Å²) in [5, 5.41) is 11.7. The Morgan fingerprint density at radius 1 is 1.29 bits per heavy atom. The summed E-state index contributed by atoms with van der Waals surface area (Å²) in [5.41, 5.74) is 0.210. The van der Waals surface area contributed by atoms with Crippen LogP contribution in [0.25, 0.3) is 0 Å². The number of nitrogens with one attached hydrogen (secondary N) is 1. The Morgan fingerprint density at radius 2 is 1.90 bits per heavy atom. The molecule has 0 saturated heterocycles. The van der Waals surface area contributed by atoms with Gasteiger partial charge in [-0.25, -0.2) is 0 Å². The van der Waals surface area contributed by atoms with E-state index in [9.17, 15) is 9.59 Å². The molecule has 1 amide bonds. The average Bonchev–Trinajstić information content (AvgIpc) is 2.38. The molecule has 1 aromatic carbocycles. The van der Waals surface area contributed by atoms with Gasteiger partial charge in [-0.1, -0.05) is 44.2 Å². The number of benzene rings is 1. The van der Waals surface area contributed by atoms with Crippen LogP contribution in [0.15, 0.2) is 30.3 Å². The first-order valence-electron chi connectivity index (χ1n) is 6.98. The quantitative estimate of drug-likeness (QED) is 0.770. The smallest absolute Gasteiger partial charge is 0.305 e. The summed E-state index contributed by atoms with van der Waals surface area (Å²) in [5.74, 6) is -1.23. The topological polar surface area (TPSA) is 75.6 Å². The Balaban J connectivity index is 2.45. The Labute approximate surface area is 125 Å². The third-order valence-corrected chi connectivity index (χ3v) is 3.56. The molecular weight excluding hydrogens is 270 g/mol. The second-order valence-corrected chi connectivity index (χ2v) is 5.67. The fourth-order valence-corrected chi connectivity index (χ4v) is 1.90. The van der Waals surface area contributed by atoms with Gasteiger partial charge in [-0.05, 0) is 18.4 Å². The van der Waals surface area contributed by atoms with Gasteiger partial charge in [-0.15, -0.1) is 0 Å². The second-order valence-electron chi connectivity index (χ2n) is 5.67. The van der Waals surface area contributed by atoms with Crippen molar-refractivity contribution in [1.82, 2.24) is 5.32 Å². The summed E-state index contributed by atoms with van der Waals surface area (Å²) in [6.07, 6.45) is -0.116. The number of amides is 1. The molecule has 0 aliphatic rings. The summed E-state index contributed by atoms with van der Waals surface area (Å²) in [4.78, 5) is 22.8. The zero-order valence-electron chi connectivity index (χ0n) is 12.8. The van der Waals surface area contributed by atoms with E-state index in [1.807, 2.05) is 44.2 Å². The van der Waals surface area contributed by atoms with E-state index in [1.54, 1.807) is 6.92 Å². The van der Waals surface area contributed by atoms with E-state index in [-0.39, 0.29) is 24.9 Å². The summed E-state index contributed by atoms with van der Waals surface area (Å²) < 4.78 is 5.35. The van der Waals surface area contributed by atoms with Crippen molar-refractivity contribution >= 4 is 11.9 Å². The van der Waals surface area contributed by atoms with Gasteiger partial charge in [0.2, 0.25) is 5.91 Å². The lowest BCUT2D eigenvalue weighted by molar-refractivity contribution is -0.140. The van der Waals surface area contributed by atoms with Crippen LogP contribution < -0.4 is 5.32 Å². The molecule has 116 valence electrons. The minimum Gasteiger partial charge on any atom is -0.481 e. The molecule has 0 aliphatic carbocycles. The van der Waals surface area contributed by atoms with Crippen molar-refractivity contribution in [3.8, 4) is 0 Å². The zero-order chi connectivity index (χ0) is 15.9. The van der Waals surface area contributed by atoms with Crippen LogP contribution in [-0.2, 0) is 20.9 Å². The van der Waals surface area contributed by atoms with Gasteiger partial charge in [0.1, 0.15) is 6.61 Å². The molecular formula is C16H23NO4. The van der Waals surface area contributed by atoms with Crippen LogP contribution in [0, 0.1) is 5.92 Å². The largest absolute Gasteiger partial charge is 0.481 e. The number of aliphatic carboxylic acids is 1. The predicted octanol–water partition coefficient (Wildman–Crippen LogP) is 2.21. The normalized spacial score (nSPS) is 13.7. The number of rotatable bonds is 8. The number of carboxylic acids is 1. The van der Waals surface area contributed by atoms with Crippen molar-refractivity contribution in [3.63, 3.8) is 0 Å². The standard InChI is InChI=1S/C16H23NO4/c1-12(2)16(3,9-15(19)20)17-14(18)11-21-10-13-7-5-4-6-8-13/h4-8,12H,9-11H2,1-3H3,(H,17,18)(H,19,20). The van der Waals surface area contributed by atoms with Crippen LogP contribution in [0.5, 0.6) is 0 Å². The highest BCUT2D eigenvalue weighted by molar-refractivity contribution is 5.79. The molecule has 0 saturated carbocycles. The third-order valence-electron chi connectivity index (χ3n) is 3.56. The number of ether oxygens (including phenoxy) is 1. The molecule has 0 fully saturated rings. The minimum absolute atomic E-state index is 0.00618. The van der Waals surface area contributed by atoms with Crippen LogP contribution in [0.4, 0.5) is 0 Å². The predicted molar refractivity (Wildman–Crippen MR) is 79.7 cm³/mol. The molecule has 2 N–H and O–H groups in total. The van der Waals surface area contributed by atoms with Crippen molar-refractivity contribution in [2.75, 3.05) is 6.61 Å². The maximum Gasteiger partial charge on any atom is 0.305 e. The summed E-state index contributed by atoms with van der Waals surface area (Å²) in [7, 11) is 0. The molecule has 1 unspecified atom stereocenters. The van der Waals surface area contributed by atoms with E-state index in [0.29, 0.717) is 6.61 Å². The van der Waals surface area contributed by atoms with Crippen molar-refractivity contribution < 1.29 is 19.4 Å². The Kier molecular flexibility index (Phi) is 6.37. The van der Waals surface area contributed by atoms with Crippen LogP contribution in [-0.4, -0.2) is 29.1 Å². The van der Waals surface area contributed by atoms with Crippen LogP contribution in [0.3, 0.4) is 0 Å². The van der Waals surface area contributed by atoms with Crippen molar-refractivity contribution in [2.45, 2.75) is 39.3 Å². The Bertz CT molecular complexity index is 472. The zero-order valence-corrected chi connectivity index (χ0v) is 12.8. The first-order valence-corrected chi connectivity index (χ1v) is 6.98. The van der Waals surface area contributed by atoms with E-state index >= 15 is 0 Å². The lowest BCUT2D eigenvalue weighted by Crippen LogP contribution is -2.52. The number of hydrogen-bond donors (Lipinski definition) is 2. The van der Waals surface area contributed by atoms with Crippen molar-refractivity contribution in [3.05, 3.63) is 35.9 Å². The molecule has 5 heteroatoms. The average molecular weight is 293 g/mol. The van der Waals surface area contributed by atoms with Gasteiger partial charge in [-0.2, -0.15) is 0 Å². The molecule has 1 atom stereocenters. The Hall–Kier alpha value is -1.88. The highest BCUT2D eigenvalue weighted by Crippen LogP contribution is 2.20. The molecule has 0 aliphatic heterocycles. The van der Waals surface area contributed by atoms with Crippen molar-refractivity contribution in [2.24, 2.45) is 5.92 Å². The fraction of sp³-hybridized carbons (Fsp3) is 0.500. The highest BCUT2D eigenvalue weighted by atomic mass is 16.5. The molecule has 0 spiro atoms. The molecule has 0 bridgehead atoms. The summed E-state index contributed by atoms with van der Waals surface area (Å²) in [6.45, 7) is 5.77. The van der Waals surface area contributed by atoms with Gasteiger partial charge >= 0.3 is 5.97 Å². The fourth-order valence-electron chi connectivity index (χ4n) is 1.90. The number of carbonyl (C=O) groups is 2. The molecule has 1 rings (SSSR count). The van der Waals surface area contributed by atoms with E-state index in [0.717, 1.165) is 5.56 Å². The summed E-state index contributed by atoms with van der Waals surface area (Å²) in [6, 6.07) is 9.56. The number of hydrogen-bond acceptors (Lipinski definition) is 3. The van der Waals surface area contributed by atoms with Crippen LogP contribution in [0.2, 0.25) is 0 Å². The van der Waals surface area contributed by atoms with E-state index in [4.69, 9.17) is 9.84 Å². The van der Waals surface area contributed by atoms with E-state index < -0.39 is 11.5 Å². The molecule has 21 heavy (non-hydrogen) atoms. The molecule has 1 aromatic rings. The lowest BCUT2D eigenvalue weighted by Gasteiger charge is -2.33. The number of carboxylic acid groups (broad SMARTS) is 1. The molecule has 0 radical (unpaired) electrons. The van der Waals surface area contributed by atoms with E-state index in [1.165, 1.54) is 0 Å².